The van der Waals surface area contributed by atoms with Crippen LogP contribution < -0.4 is 20.5 Å². The van der Waals surface area contributed by atoms with Crippen LogP contribution >= 0.6 is 0 Å². The molecule has 10 nitrogen and oxygen atoms in total. The van der Waals surface area contributed by atoms with Crippen molar-refractivity contribution in [3.8, 4) is 22.8 Å². The first-order valence-electron chi connectivity index (χ1n) is 13.5. The van der Waals surface area contributed by atoms with Crippen molar-refractivity contribution in [2.75, 3.05) is 20.3 Å². The van der Waals surface area contributed by atoms with E-state index in [9.17, 15) is 37.4 Å². The van der Waals surface area contributed by atoms with E-state index in [0.29, 0.717) is 22.2 Å². The van der Waals surface area contributed by atoms with E-state index in [2.05, 4.69) is 15.3 Å². The fourth-order valence-electron chi connectivity index (χ4n) is 5.09. The molecule has 45 heavy (non-hydrogen) atoms. The van der Waals surface area contributed by atoms with Gasteiger partial charge in [0.15, 0.2) is 0 Å². The Hall–Kier alpha value is -4.82. The van der Waals surface area contributed by atoms with Crippen LogP contribution in [0.25, 0.3) is 22.2 Å². The number of hydrogen-bond donors (Lipinski definition) is 4. The number of carbonyl (C=O) groups is 2. The number of halogens is 4. The van der Waals surface area contributed by atoms with Crippen molar-refractivity contribution in [3.05, 3.63) is 82.4 Å². The van der Waals surface area contributed by atoms with Gasteiger partial charge in [0.05, 0.1) is 26.0 Å². The average Bonchev–Trinajstić information content (AvgIpc) is 3.36. The second kappa shape index (κ2) is 11.3. The number of nitrogens with one attached hydrogen (secondary N) is 1. The molecule has 2 aromatic carbocycles. The number of benzene rings is 2. The number of aliphatic hydroxyl groups excluding tert-OH is 1. The van der Waals surface area contributed by atoms with Crippen molar-refractivity contribution in [2.45, 2.75) is 37.6 Å². The topological polar surface area (TPSA) is 157 Å². The number of fused-ring (bicyclic) bond motifs is 2. The zero-order valence-electron chi connectivity index (χ0n) is 24.3. The van der Waals surface area contributed by atoms with Crippen LogP contribution in [0.15, 0.2) is 48.5 Å². The molecule has 0 spiro atoms. The third kappa shape index (κ3) is 5.40. The lowest BCUT2D eigenvalue weighted by Crippen LogP contribution is -2.51. The molecule has 2 atom stereocenters. The number of primary amides is 1. The SMILES string of the molecule is COc1cc(C(=O)NCC(O)(c2cc3c(c(-c4ccc(F)cc4)n2)OC[C@]3(C)C(N)=O)C(F)(F)F)cc2cc(CO)c(C)nc12. The molecule has 2 aromatic heterocycles. The monoisotopic (exact) mass is 628 g/mol. The van der Waals surface area contributed by atoms with Gasteiger partial charge in [-0.3, -0.25) is 9.59 Å². The molecule has 0 bridgehead atoms. The lowest BCUT2D eigenvalue weighted by molar-refractivity contribution is -0.265. The molecule has 1 aliphatic rings. The molecule has 5 rings (SSSR count). The van der Waals surface area contributed by atoms with Gasteiger partial charge in [0.25, 0.3) is 5.91 Å². The normalized spacial score (nSPS) is 17.4. The summed E-state index contributed by atoms with van der Waals surface area (Å²) in [5, 5.41) is 23.4. The quantitative estimate of drug-likeness (QED) is 0.216. The van der Waals surface area contributed by atoms with E-state index in [-0.39, 0.29) is 47.1 Å². The molecule has 0 fully saturated rings. The van der Waals surface area contributed by atoms with Crippen LogP contribution in [0.4, 0.5) is 17.6 Å². The van der Waals surface area contributed by atoms with Gasteiger partial charge in [0.1, 0.15) is 40.5 Å². The Labute approximate surface area is 253 Å². The largest absolute Gasteiger partial charge is 0.494 e. The van der Waals surface area contributed by atoms with Gasteiger partial charge in [0.2, 0.25) is 11.5 Å². The van der Waals surface area contributed by atoms with E-state index < -0.39 is 47.1 Å². The highest BCUT2D eigenvalue weighted by atomic mass is 19.4. The molecule has 14 heteroatoms. The highest BCUT2D eigenvalue weighted by Crippen LogP contribution is 2.47. The second-order valence-electron chi connectivity index (χ2n) is 10.9. The standard InChI is InChI=1S/C31H28F4N4O6/c1-15-19(12-40)9-17-8-18(10-22(44-3)24(17)38-15)27(41)37-13-30(43,31(33,34)35)23-11-21-26(45-14-29(21,2)28(36)42)25(39-23)16-4-6-20(32)7-5-16/h4-11,40,43H,12-14H2,1-3H3,(H2,36,42)(H,37,41)/t29-,30?/m0/s1. The number of aromatic nitrogens is 2. The molecule has 3 heterocycles. The summed E-state index contributed by atoms with van der Waals surface area (Å²) >= 11 is 0. The van der Waals surface area contributed by atoms with Crippen molar-refractivity contribution < 1.29 is 46.8 Å². The van der Waals surface area contributed by atoms with Crippen LogP contribution in [0.1, 0.15) is 39.8 Å². The van der Waals surface area contributed by atoms with E-state index in [1.807, 2.05) is 0 Å². The zero-order valence-corrected chi connectivity index (χ0v) is 24.3. The number of aliphatic hydroxyl groups is 2. The van der Waals surface area contributed by atoms with Crippen LogP contribution in [-0.4, -0.2) is 58.4 Å². The minimum atomic E-state index is -5.39. The van der Waals surface area contributed by atoms with Crippen LogP contribution in [0.2, 0.25) is 0 Å². The van der Waals surface area contributed by atoms with E-state index in [4.69, 9.17) is 15.2 Å². The highest BCUT2D eigenvalue weighted by Gasteiger charge is 2.57. The summed E-state index contributed by atoms with van der Waals surface area (Å²) in [5.74, 6) is -2.39. The number of pyridine rings is 2. The Morgan fingerprint density at radius 2 is 1.82 bits per heavy atom. The van der Waals surface area contributed by atoms with Crippen molar-refractivity contribution in [1.29, 1.82) is 0 Å². The Balaban J connectivity index is 1.58. The fraction of sp³-hybridized carbons (Fsp3) is 0.290. The lowest BCUT2D eigenvalue weighted by atomic mass is 9.81. The van der Waals surface area contributed by atoms with Gasteiger partial charge in [-0.1, -0.05) is 0 Å². The lowest BCUT2D eigenvalue weighted by Gasteiger charge is -2.31. The molecule has 1 unspecified atom stereocenters. The Morgan fingerprint density at radius 3 is 2.42 bits per heavy atom. The summed E-state index contributed by atoms with van der Waals surface area (Å²) < 4.78 is 68.8. The molecule has 0 aliphatic carbocycles. The first-order valence-corrected chi connectivity index (χ1v) is 13.5. The van der Waals surface area contributed by atoms with Crippen molar-refractivity contribution >= 4 is 22.7 Å². The average molecular weight is 629 g/mol. The molecule has 0 radical (unpaired) electrons. The molecule has 236 valence electrons. The van der Waals surface area contributed by atoms with Crippen LogP contribution in [0, 0.1) is 12.7 Å². The first-order chi connectivity index (χ1) is 21.1. The number of amides is 2. The minimum Gasteiger partial charge on any atom is -0.494 e. The molecule has 2 amide bonds. The highest BCUT2D eigenvalue weighted by molar-refractivity contribution is 6.00. The van der Waals surface area contributed by atoms with Crippen molar-refractivity contribution in [1.82, 2.24) is 15.3 Å². The summed E-state index contributed by atoms with van der Waals surface area (Å²) in [6.07, 6.45) is -5.39. The van der Waals surface area contributed by atoms with Gasteiger partial charge in [0, 0.05) is 27.8 Å². The molecule has 5 N–H and O–H groups in total. The number of hydrogen-bond acceptors (Lipinski definition) is 8. The fourth-order valence-corrected chi connectivity index (χ4v) is 5.09. The van der Waals surface area contributed by atoms with Crippen LogP contribution in [0.3, 0.4) is 0 Å². The zero-order chi connectivity index (χ0) is 32.9. The van der Waals surface area contributed by atoms with Gasteiger partial charge in [-0.2, -0.15) is 13.2 Å². The van der Waals surface area contributed by atoms with Gasteiger partial charge < -0.3 is 30.7 Å². The van der Waals surface area contributed by atoms with Crippen LogP contribution in [-0.2, 0) is 22.4 Å². The predicted molar refractivity (Wildman–Crippen MR) is 153 cm³/mol. The number of nitrogens with two attached hydrogens (primary N) is 1. The van der Waals surface area contributed by atoms with E-state index in [1.54, 1.807) is 13.0 Å². The van der Waals surface area contributed by atoms with E-state index in [0.717, 1.165) is 18.2 Å². The third-order valence-electron chi connectivity index (χ3n) is 7.96. The summed E-state index contributed by atoms with van der Waals surface area (Å²) in [5.41, 5.74) is 0.440. The van der Waals surface area contributed by atoms with Crippen molar-refractivity contribution in [2.24, 2.45) is 5.73 Å². The first kappa shape index (κ1) is 31.6. The summed E-state index contributed by atoms with van der Waals surface area (Å²) in [7, 11) is 1.33. The molecule has 4 aromatic rings. The van der Waals surface area contributed by atoms with Crippen molar-refractivity contribution in [3.63, 3.8) is 0 Å². The minimum absolute atomic E-state index is 0.0467. The maximum Gasteiger partial charge on any atom is 0.424 e. The van der Waals surface area contributed by atoms with E-state index >= 15 is 0 Å². The summed E-state index contributed by atoms with van der Waals surface area (Å²) in [4.78, 5) is 34.1. The number of ether oxygens (including phenoxy) is 2. The third-order valence-corrected chi connectivity index (χ3v) is 7.96. The molecular weight excluding hydrogens is 600 g/mol. The number of carbonyl (C=O) groups excluding carboxylic acids is 2. The molecular formula is C31H28F4N4O6. The van der Waals surface area contributed by atoms with Crippen LogP contribution in [0.5, 0.6) is 11.5 Å². The van der Waals surface area contributed by atoms with Gasteiger partial charge in [-0.15, -0.1) is 0 Å². The number of nitrogens with zero attached hydrogens (tertiary/aromatic N) is 2. The molecule has 1 aliphatic heterocycles. The Bertz CT molecular complexity index is 1830. The van der Waals surface area contributed by atoms with Gasteiger partial charge >= 0.3 is 6.18 Å². The summed E-state index contributed by atoms with van der Waals surface area (Å²) in [6.45, 7) is 1.02. The number of aryl methyl sites for hydroxylation is 1. The van der Waals surface area contributed by atoms with Gasteiger partial charge in [-0.25, -0.2) is 14.4 Å². The Morgan fingerprint density at radius 1 is 1.13 bits per heavy atom. The smallest absolute Gasteiger partial charge is 0.424 e. The van der Waals surface area contributed by atoms with Gasteiger partial charge in [-0.05, 0) is 67.9 Å². The predicted octanol–water partition coefficient (Wildman–Crippen LogP) is 3.56. The maximum absolute atomic E-state index is 14.7. The second-order valence-corrected chi connectivity index (χ2v) is 10.9. The maximum atomic E-state index is 14.7. The number of methoxy groups -OCH3 is 1. The van der Waals surface area contributed by atoms with E-state index in [1.165, 1.54) is 38.3 Å². The number of alkyl halides is 3. The summed E-state index contributed by atoms with van der Waals surface area (Å²) in [6, 6.07) is 9.73. The molecule has 0 saturated carbocycles. The Kier molecular flexibility index (Phi) is 7.92. The number of rotatable bonds is 8. The molecule has 0 saturated heterocycles.